The fourth-order valence-electron chi connectivity index (χ4n) is 3.17. The van der Waals surface area contributed by atoms with Gasteiger partial charge >= 0.3 is 15.1 Å². The smallest absolute Gasteiger partial charge is 0.402 e. The Kier molecular flexibility index (Phi) is 5.07. The summed E-state index contributed by atoms with van der Waals surface area (Å²) in [5, 5.41) is 0. The van der Waals surface area contributed by atoms with Crippen molar-refractivity contribution in [3.8, 4) is 17.4 Å². The number of hydrogen-bond donors (Lipinski definition) is 2. The number of H-pyrrole nitrogens is 1. The van der Waals surface area contributed by atoms with Crippen LogP contribution in [0.15, 0.2) is 55.0 Å². The number of methoxy groups -OCH3 is 1. The van der Waals surface area contributed by atoms with E-state index < -0.39 is 9.15 Å². The molecule has 10 heteroatoms. The minimum atomic E-state index is -4.18. The molecule has 3 heterocycles. The Balaban J connectivity index is 1.81. The third-order valence-electron chi connectivity index (χ3n) is 4.62. The van der Waals surface area contributed by atoms with Gasteiger partial charge in [0.25, 0.3) is 0 Å². The minimum Gasteiger partial charge on any atom is -0.496 e. The van der Waals surface area contributed by atoms with Crippen LogP contribution in [-0.4, -0.2) is 34.6 Å². The molecular formula is C19H19N4O4S2+. The van der Waals surface area contributed by atoms with Crippen molar-refractivity contribution in [2.24, 2.45) is 0 Å². The Labute approximate surface area is 171 Å². The van der Waals surface area contributed by atoms with E-state index in [0.717, 1.165) is 22.3 Å². The molecule has 2 N–H and O–H groups in total. The maximum Gasteiger partial charge on any atom is 0.402 e. The fraction of sp³-hybridized carbons (Fsp3) is 0.158. The van der Waals surface area contributed by atoms with E-state index in [1.165, 1.54) is 0 Å². The van der Waals surface area contributed by atoms with E-state index in [0.29, 0.717) is 28.2 Å². The lowest BCUT2D eigenvalue weighted by atomic mass is 10.2. The molecule has 8 nitrogen and oxygen atoms in total. The quantitative estimate of drug-likeness (QED) is 0.277. The number of aromatic nitrogens is 4. The monoisotopic (exact) mass is 431 g/mol. The first-order valence-electron chi connectivity index (χ1n) is 8.69. The van der Waals surface area contributed by atoms with E-state index in [9.17, 15) is 8.42 Å². The summed E-state index contributed by atoms with van der Waals surface area (Å²) in [5.41, 5.74) is 4.04. The molecule has 0 bridgehead atoms. The van der Waals surface area contributed by atoms with Gasteiger partial charge in [-0.3, -0.25) is 4.55 Å². The fourth-order valence-corrected chi connectivity index (χ4v) is 4.57. The van der Waals surface area contributed by atoms with E-state index in [-0.39, 0.29) is 5.75 Å². The number of pyridine rings is 1. The van der Waals surface area contributed by atoms with E-state index in [4.69, 9.17) is 9.29 Å². The van der Waals surface area contributed by atoms with Gasteiger partial charge in [0, 0.05) is 46.6 Å². The van der Waals surface area contributed by atoms with Crippen molar-refractivity contribution >= 4 is 31.0 Å². The van der Waals surface area contributed by atoms with Crippen LogP contribution in [0.1, 0.15) is 11.3 Å². The number of ether oxygens (including phenoxy) is 1. The van der Waals surface area contributed by atoms with Gasteiger partial charge in [-0.1, -0.05) is 4.98 Å². The summed E-state index contributed by atoms with van der Waals surface area (Å²) in [6, 6.07) is 11.6. The van der Waals surface area contributed by atoms with Gasteiger partial charge in [-0.15, -0.1) is 0 Å². The molecule has 0 atom stereocenters. The Morgan fingerprint density at radius 2 is 2.03 bits per heavy atom. The number of benzene rings is 1. The molecule has 0 spiro atoms. The van der Waals surface area contributed by atoms with Gasteiger partial charge in [-0.25, -0.2) is 9.55 Å². The molecule has 0 unspecified atom stereocenters. The predicted octanol–water partition coefficient (Wildman–Crippen LogP) is 2.98. The lowest BCUT2D eigenvalue weighted by Crippen LogP contribution is -2.37. The lowest BCUT2D eigenvalue weighted by Gasteiger charge is -2.11. The number of nitrogens with one attached hydrogen (secondary N) is 1. The average molecular weight is 432 g/mol. The number of rotatable bonds is 6. The molecule has 0 aliphatic heterocycles. The highest BCUT2D eigenvalue weighted by molar-refractivity contribution is 8.69. The van der Waals surface area contributed by atoms with Crippen LogP contribution in [0.25, 0.3) is 22.7 Å². The molecule has 29 heavy (non-hydrogen) atoms. The Morgan fingerprint density at radius 3 is 2.72 bits per heavy atom. The highest BCUT2D eigenvalue weighted by Gasteiger charge is 2.22. The van der Waals surface area contributed by atoms with Crippen LogP contribution in [0.4, 0.5) is 0 Å². The first kappa shape index (κ1) is 19.5. The van der Waals surface area contributed by atoms with Gasteiger partial charge in [0.15, 0.2) is 5.52 Å². The summed E-state index contributed by atoms with van der Waals surface area (Å²) in [5.74, 6) is 1.20. The molecule has 0 fully saturated rings. The summed E-state index contributed by atoms with van der Waals surface area (Å²) >= 11 is 0. The number of hydrogen-bond acceptors (Lipinski definition) is 5. The second-order valence-corrected chi connectivity index (χ2v) is 9.72. The minimum absolute atomic E-state index is 0.0352. The van der Waals surface area contributed by atoms with Gasteiger partial charge < -0.3 is 9.30 Å². The standard InChI is InChI=1S/C19H18N4O4S2/c1-13-17(12-28-29(24,25)26)23(10-7-18(13)27-2)19-20-15-6-5-14(11-16(15)21-19)22-8-3-4-9-22/h3-11H,12H2,1-2H3,(H-,20,21,24,25,26)/p+1. The summed E-state index contributed by atoms with van der Waals surface area (Å²) in [7, 11) is -2.19. The summed E-state index contributed by atoms with van der Waals surface area (Å²) in [6.07, 6.45) is 5.69. The molecule has 4 rings (SSSR count). The van der Waals surface area contributed by atoms with Crippen molar-refractivity contribution in [3.63, 3.8) is 0 Å². The van der Waals surface area contributed by atoms with Crippen molar-refractivity contribution < 1.29 is 22.3 Å². The van der Waals surface area contributed by atoms with Crippen LogP contribution < -0.4 is 9.30 Å². The third kappa shape index (κ3) is 4.00. The van der Waals surface area contributed by atoms with Crippen LogP contribution in [0.3, 0.4) is 0 Å². The van der Waals surface area contributed by atoms with Crippen molar-refractivity contribution in [3.05, 3.63) is 66.2 Å². The van der Waals surface area contributed by atoms with E-state index in [1.54, 1.807) is 23.9 Å². The third-order valence-corrected chi connectivity index (χ3v) is 6.55. The maximum atomic E-state index is 11.3. The van der Waals surface area contributed by atoms with Crippen molar-refractivity contribution in [1.82, 2.24) is 14.5 Å². The Morgan fingerprint density at radius 1 is 1.28 bits per heavy atom. The predicted molar refractivity (Wildman–Crippen MR) is 111 cm³/mol. The van der Waals surface area contributed by atoms with Crippen LogP contribution >= 0.6 is 10.8 Å². The van der Waals surface area contributed by atoms with Gasteiger partial charge in [0.05, 0.1) is 19.1 Å². The van der Waals surface area contributed by atoms with Gasteiger partial charge in [-0.2, -0.15) is 8.42 Å². The Bertz CT molecular complexity index is 1280. The Hall–Kier alpha value is -2.82. The summed E-state index contributed by atoms with van der Waals surface area (Å²) in [4.78, 5) is 7.94. The first-order chi connectivity index (χ1) is 13.9. The summed E-state index contributed by atoms with van der Waals surface area (Å²) in [6.45, 7) is 1.84. The first-order valence-corrected chi connectivity index (χ1v) is 11.6. The maximum absolute atomic E-state index is 11.3. The van der Waals surface area contributed by atoms with Gasteiger partial charge in [0.2, 0.25) is 0 Å². The SMILES string of the molecule is COc1cc[n+](-c2nc3ccc(-n4cccc4)cc3[nH]2)c(CSS(=O)(=O)O)c1C. The van der Waals surface area contributed by atoms with E-state index in [1.807, 2.05) is 54.2 Å². The number of aromatic amines is 1. The molecule has 0 saturated heterocycles. The molecular weight excluding hydrogens is 412 g/mol. The summed E-state index contributed by atoms with van der Waals surface area (Å²) < 4.78 is 40.8. The molecule has 3 aromatic heterocycles. The van der Waals surface area contributed by atoms with E-state index >= 15 is 0 Å². The number of fused-ring (bicyclic) bond motifs is 1. The molecule has 0 aliphatic rings. The number of imidazole rings is 1. The van der Waals surface area contributed by atoms with Crippen LogP contribution in [-0.2, 0) is 14.9 Å². The van der Waals surface area contributed by atoms with Crippen molar-refractivity contribution in [1.29, 1.82) is 0 Å². The highest BCUT2D eigenvalue weighted by Crippen LogP contribution is 2.25. The molecule has 4 aromatic rings. The van der Waals surface area contributed by atoms with Crippen molar-refractivity contribution in [2.45, 2.75) is 12.7 Å². The second kappa shape index (κ2) is 7.54. The zero-order chi connectivity index (χ0) is 20.6. The molecule has 0 saturated carbocycles. The average Bonchev–Trinajstić information content (AvgIpc) is 3.35. The number of nitrogens with zero attached hydrogens (tertiary/aromatic N) is 3. The zero-order valence-electron chi connectivity index (χ0n) is 15.7. The lowest BCUT2D eigenvalue weighted by molar-refractivity contribution is -0.610. The zero-order valence-corrected chi connectivity index (χ0v) is 17.4. The van der Waals surface area contributed by atoms with Crippen molar-refractivity contribution in [2.75, 3.05) is 7.11 Å². The molecule has 150 valence electrons. The topological polar surface area (TPSA) is 101 Å². The van der Waals surface area contributed by atoms with Crippen LogP contribution in [0.2, 0.25) is 0 Å². The van der Waals surface area contributed by atoms with Crippen LogP contribution in [0.5, 0.6) is 5.75 Å². The highest BCUT2D eigenvalue weighted by atomic mass is 33.1. The molecule has 1 aromatic carbocycles. The van der Waals surface area contributed by atoms with Gasteiger partial charge in [-0.05, 0) is 31.2 Å². The van der Waals surface area contributed by atoms with E-state index in [2.05, 4.69) is 9.97 Å². The van der Waals surface area contributed by atoms with Gasteiger partial charge in [0.1, 0.15) is 17.0 Å². The normalized spacial score (nSPS) is 11.8. The molecule has 0 amide bonds. The second-order valence-electron chi connectivity index (χ2n) is 6.37. The molecule has 0 radical (unpaired) electrons. The molecule has 0 aliphatic carbocycles. The largest absolute Gasteiger partial charge is 0.496 e. The van der Waals surface area contributed by atoms with Crippen LogP contribution in [0, 0.1) is 6.92 Å².